The third kappa shape index (κ3) is 3.93. The zero-order valence-corrected chi connectivity index (χ0v) is 10.0. The first-order valence-electron chi connectivity index (χ1n) is 5.60. The van der Waals surface area contributed by atoms with Crippen molar-refractivity contribution in [3.8, 4) is 6.07 Å². The zero-order chi connectivity index (χ0) is 12.8. The standard InChI is InChI=1S/C12H17N3O2/c1-8(2)11(16)5-6-14-12(17)10-4-3-9(7-13)15-10/h3-4,8,11,15-16H,5-6H2,1-2H3,(H,14,17). The molecule has 1 aromatic rings. The molecule has 0 aliphatic heterocycles. The Morgan fingerprint density at radius 1 is 1.59 bits per heavy atom. The molecule has 5 nitrogen and oxygen atoms in total. The minimum Gasteiger partial charge on any atom is -0.393 e. The van der Waals surface area contributed by atoms with Crippen molar-refractivity contribution in [3.05, 3.63) is 23.5 Å². The molecule has 0 radical (unpaired) electrons. The highest BCUT2D eigenvalue weighted by Gasteiger charge is 2.11. The first-order valence-corrected chi connectivity index (χ1v) is 5.60. The number of nitriles is 1. The lowest BCUT2D eigenvalue weighted by Crippen LogP contribution is -2.28. The molecule has 5 heteroatoms. The van der Waals surface area contributed by atoms with E-state index in [9.17, 15) is 9.90 Å². The number of carbonyl (C=O) groups excluding carboxylic acids is 1. The maximum absolute atomic E-state index is 11.6. The van der Waals surface area contributed by atoms with Gasteiger partial charge in [-0.3, -0.25) is 4.79 Å². The van der Waals surface area contributed by atoms with Crippen molar-refractivity contribution in [2.24, 2.45) is 5.92 Å². The van der Waals surface area contributed by atoms with Crippen LogP contribution in [0, 0.1) is 17.2 Å². The van der Waals surface area contributed by atoms with Crippen LogP contribution < -0.4 is 5.32 Å². The summed E-state index contributed by atoms with van der Waals surface area (Å²) in [6.07, 6.45) is 0.114. The van der Waals surface area contributed by atoms with Gasteiger partial charge in [0.15, 0.2) is 0 Å². The molecule has 17 heavy (non-hydrogen) atoms. The van der Waals surface area contributed by atoms with Crippen molar-refractivity contribution in [2.75, 3.05) is 6.54 Å². The van der Waals surface area contributed by atoms with Crippen molar-refractivity contribution in [3.63, 3.8) is 0 Å². The average Bonchev–Trinajstić information content (AvgIpc) is 2.77. The summed E-state index contributed by atoms with van der Waals surface area (Å²) in [5, 5.41) is 20.8. The number of aromatic amines is 1. The van der Waals surface area contributed by atoms with Crippen LogP contribution in [0.3, 0.4) is 0 Å². The molecule has 1 amide bonds. The van der Waals surface area contributed by atoms with Gasteiger partial charge in [-0.1, -0.05) is 13.8 Å². The van der Waals surface area contributed by atoms with Crippen LogP contribution in [0.25, 0.3) is 0 Å². The molecule has 1 aromatic heterocycles. The lowest BCUT2D eigenvalue weighted by molar-refractivity contribution is 0.0916. The third-order valence-electron chi connectivity index (χ3n) is 2.55. The van der Waals surface area contributed by atoms with Gasteiger partial charge in [0.25, 0.3) is 5.91 Å². The van der Waals surface area contributed by atoms with Gasteiger partial charge in [-0.2, -0.15) is 5.26 Å². The van der Waals surface area contributed by atoms with Gasteiger partial charge >= 0.3 is 0 Å². The molecule has 0 aliphatic rings. The smallest absolute Gasteiger partial charge is 0.267 e. The normalized spacial score (nSPS) is 12.2. The third-order valence-corrected chi connectivity index (χ3v) is 2.55. The Bertz CT molecular complexity index is 418. The largest absolute Gasteiger partial charge is 0.393 e. The molecule has 3 N–H and O–H groups in total. The van der Waals surface area contributed by atoms with Gasteiger partial charge in [0.1, 0.15) is 17.5 Å². The molecule has 0 saturated carbocycles. The zero-order valence-electron chi connectivity index (χ0n) is 10.0. The first kappa shape index (κ1) is 13.3. The molecule has 0 spiro atoms. The fraction of sp³-hybridized carbons (Fsp3) is 0.500. The molecule has 0 fully saturated rings. The van der Waals surface area contributed by atoms with Crippen LogP contribution >= 0.6 is 0 Å². The SMILES string of the molecule is CC(C)C(O)CCNC(=O)c1ccc(C#N)[nH]1. The molecule has 0 bridgehead atoms. The molecule has 0 aromatic carbocycles. The van der Waals surface area contributed by atoms with E-state index in [-0.39, 0.29) is 11.8 Å². The summed E-state index contributed by atoms with van der Waals surface area (Å²) in [7, 11) is 0. The van der Waals surface area contributed by atoms with Gasteiger partial charge in [-0.15, -0.1) is 0 Å². The van der Waals surface area contributed by atoms with E-state index in [1.165, 1.54) is 0 Å². The van der Waals surface area contributed by atoms with Crippen molar-refractivity contribution >= 4 is 5.91 Å². The number of amides is 1. The minimum atomic E-state index is -0.409. The summed E-state index contributed by atoms with van der Waals surface area (Å²) in [4.78, 5) is 14.3. The molecule has 1 atom stereocenters. The highest BCUT2D eigenvalue weighted by Crippen LogP contribution is 2.05. The molecule has 0 aliphatic carbocycles. The van der Waals surface area contributed by atoms with Crippen LogP contribution in [0.4, 0.5) is 0 Å². The molecule has 1 heterocycles. The maximum atomic E-state index is 11.6. The van der Waals surface area contributed by atoms with E-state index in [0.29, 0.717) is 24.4 Å². The van der Waals surface area contributed by atoms with Gasteiger partial charge < -0.3 is 15.4 Å². The van der Waals surface area contributed by atoms with Gasteiger partial charge in [-0.25, -0.2) is 0 Å². The second-order valence-electron chi connectivity index (χ2n) is 4.25. The number of hydrogen-bond donors (Lipinski definition) is 3. The summed E-state index contributed by atoms with van der Waals surface area (Å²) in [6, 6.07) is 5.03. The Labute approximate surface area is 100 Å². The van der Waals surface area contributed by atoms with Gasteiger partial charge in [0, 0.05) is 6.54 Å². The second kappa shape index (κ2) is 6.06. The molecular weight excluding hydrogens is 218 g/mol. The fourth-order valence-electron chi connectivity index (χ4n) is 1.35. The number of carbonyl (C=O) groups is 1. The maximum Gasteiger partial charge on any atom is 0.267 e. The van der Waals surface area contributed by atoms with Crippen LogP contribution in [0.15, 0.2) is 12.1 Å². The van der Waals surface area contributed by atoms with Crippen LogP contribution in [0.2, 0.25) is 0 Å². The number of aliphatic hydroxyl groups is 1. The van der Waals surface area contributed by atoms with E-state index in [0.717, 1.165) is 0 Å². The lowest BCUT2D eigenvalue weighted by Gasteiger charge is -2.14. The van der Waals surface area contributed by atoms with Crippen LogP contribution in [-0.4, -0.2) is 28.6 Å². The monoisotopic (exact) mass is 235 g/mol. The van der Waals surface area contributed by atoms with E-state index >= 15 is 0 Å². The molecule has 92 valence electrons. The predicted octanol–water partition coefficient (Wildman–Crippen LogP) is 1.02. The van der Waals surface area contributed by atoms with Gasteiger partial charge in [0.2, 0.25) is 0 Å². The van der Waals surface area contributed by atoms with E-state index in [2.05, 4.69) is 10.3 Å². The van der Waals surface area contributed by atoms with Crippen LogP contribution in [0.1, 0.15) is 36.5 Å². The number of H-pyrrole nitrogens is 1. The molecule has 0 saturated heterocycles. The highest BCUT2D eigenvalue weighted by atomic mass is 16.3. The van der Waals surface area contributed by atoms with E-state index in [4.69, 9.17) is 5.26 Å². The van der Waals surface area contributed by atoms with Crippen molar-refractivity contribution in [1.29, 1.82) is 5.26 Å². The summed E-state index contributed by atoms with van der Waals surface area (Å²) in [6.45, 7) is 4.27. The summed E-state index contributed by atoms with van der Waals surface area (Å²) in [5.41, 5.74) is 0.720. The summed E-state index contributed by atoms with van der Waals surface area (Å²) < 4.78 is 0. The first-order chi connectivity index (χ1) is 8.04. The minimum absolute atomic E-state index is 0.183. The van der Waals surface area contributed by atoms with Gasteiger partial charge in [-0.05, 0) is 24.5 Å². The Morgan fingerprint density at radius 3 is 2.82 bits per heavy atom. The second-order valence-corrected chi connectivity index (χ2v) is 4.25. The molecule has 1 unspecified atom stereocenters. The summed E-state index contributed by atoms with van der Waals surface area (Å²) >= 11 is 0. The Balaban J connectivity index is 2.38. The van der Waals surface area contributed by atoms with Crippen molar-refractivity contribution in [2.45, 2.75) is 26.4 Å². The van der Waals surface area contributed by atoms with E-state index in [1.807, 2.05) is 19.9 Å². The quantitative estimate of drug-likeness (QED) is 0.712. The summed E-state index contributed by atoms with van der Waals surface area (Å²) in [5.74, 6) is -0.0787. The molecule has 1 rings (SSSR count). The number of aromatic nitrogens is 1. The average molecular weight is 235 g/mol. The van der Waals surface area contributed by atoms with Crippen molar-refractivity contribution in [1.82, 2.24) is 10.3 Å². The number of nitrogens with one attached hydrogen (secondary N) is 2. The Morgan fingerprint density at radius 2 is 2.29 bits per heavy atom. The van der Waals surface area contributed by atoms with E-state index < -0.39 is 6.10 Å². The molecular formula is C12H17N3O2. The van der Waals surface area contributed by atoms with Crippen LogP contribution in [-0.2, 0) is 0 Å². The highest BCUT2D eigenvalue weighted by molar-refractivity contribution is 5.92. The lowest BCUT2D eigenvalue weighted by atomic mass is 10.0. The van der Waals surface area contributed by atoms with Crippen LogP contribution in [0.5, 0.6) is 0 Å². The Hall–Kier alpha value is -1.80. The van der Waals surface area contributed by atoms with Crippen molar-refractivity contribution < 1.29 is 9.90 Å². The number of rotatable bonds is 5. The topological polar surface area (TPSA) is 88.9 Å². The number of nitrogens with zero attached hydrogens (tertiary/aromatic N) is 1. The Kier molecular flexibility index (Phi) is 4.73. The van der Waals surface area contributed by atoms with Gasteiger partial charge in [0.05, 0.1) is 6.10 Å². The fourth-order valence-corrected chi connectivity index (χ4v) is 1.35. The number of aliphatic hydroxyl groups excluding tert-OH is 1. The predicted molar refractivity (Wildman–Crippen MR) is 63.3 cm³/mol. The van der Waals surface area contributed by atoms with E-state index in [1.54, 1.807) is 12.1 Å². The number of hydrogen-bond acceptors (Lipinski definition) is 3.